The summed E-state index contributed by atoms with van der Waals surface area (Å²) < 4.78 is 24.5. The lowest BCUT2D eigenvalue weighted by molar-refractivity contribution is -0.137. The number of fused-ring (bicyclic) bond motifs is 1. The molecule has 0 aliphatic carbocycles. The molecule has 1 aromatic carbocycles. The Morgan fingerprint density at radius 2 is 2.18 bits per heavy atom. The van der Waals surface area contributed by atoms with Crippen LogP contribution in [0.2, 0.25) is 0 Å². The van der Waals surface area contributed by atoms with Gasteiger partial charge < -0.3 is 5.11 Å². The van der Waals surface area contributed by atoms with Crippen molar-refractivity contribution in [1.29, 1.82) is 0 Å². The Labute approximate surface area is 108 Å². The van der Waals surface area contributed by atoms with E-state index in [1.807, 2.05) is 0 Å². The summed E-state index contributed by atoms with van der Waals surface area (Å²) >= 11 is 3.30. The van der Waals surface area contributed by atoms with Gasteiger partial charge in [0, 0.05) is 16.8 Å². The Balaban J connectivity index is 2.36. The Kier molecular flexibility index (Phi) is 3.27. The number of rotatable bonds is 3. The van der Waals surface area contributed by atoms with Crippen LogP contribution in [0.15, 0.2) is 27.6 Å². The predicted molar refractivity (Wildman–Crippen MR) is 65.8 cm³/mol. The molecule has 17 heavy (non-hydrogen) atoms. The number of benzene rings is 1. The lowest BCUT2D eigenvalue weighted by Crippen LogP contribution is -2.06. The molecule has 1 aromatic rings. The van der Waals surface area contributed by atoms with Gasteiger partial charge in [-0.2, -0.15) is 0 Å². The fourth-order valence-corrected chi connectivity index (χ4v) is 4.40. The maximum absolute atomic E-state index is 11.9. The summed E-state index contributed by atoms with van der Waals surface area (Å²) in [6.07, 6.45) is 0.351. The first-order valence-electron chi connectivity index (χ1n) is 5.14. The zero-order valence-electron chi connectivity index (χ0n) is 8.89. The molecule has 1 aliphatic heterocycles. The average molecular weight is 319 g/mol. The Morgan fingerprint density at radius 1 is 1.47 bits per heavy atom. The van der Waals surface area contributed by atoms with Gasteiger partial charge in [0.05, 0.1) is 10.6 Å². The van der Waals surface area contributed by atoms with E-state index in [4.69, 9.17) is 5.11 Å². The zero-order valence-corrected chi connectivity index (χ0v) is 11.3. The van der Waals surface area contributed by atoms with Crippen molar-refractivity contribution in [3.05, 3.63) is 28.2 Å². The second kappa shape index (κ2) is 4.42. The molecular formula is C11H11BrO4S. The third-order valence-electron chi connectivity index (χ3n) is 2.87. The summed E-state index contributed by atoms with van der Waals surface area (Å²) in [6, 6.07) is 5.04. The van der Waals surface area contributed by atoms with Crippen molar-refractivity contribution in [1.82, 2.24) is 0 Å². The number of sulfone groups is 1. The van der Waals surface area contributed by atoms with Gasteiger partial charge in [0.25, 0.3) is 0 Å². The van der Waals surface area contributed by atoms with Crippen LogP contribution in [-0.2, 0) is 14.6 Å². The molecule has 0 saturated carbocycles. The Morgan fingerprint density at radius 3 is 2.82 bits per heavy atom. The van der Waals surface area contributed by atoms with Crippen LogP contribution in [-0.4, -0.2) is 25.2 Å². The standard InChI is InChI=1S/C11H11BrO4S/c12-8-2-3-10-9(5-8)7(1-4-11(13)14)6-17(10,15)16/h2-3,5,7H,1,4,6H2,(H,13,14). The Hall–Kier alpha value is -0.880. The normalized spacial score (nSPS) is 21.1. The lowest BCUT2D eigenvalue weighted by atomic mass is 9.96. The van der Waals surface area contributed by atoms with Gasteiger partial charge in [0.15, 0.2) is 9.84 Å². The first-order valence-corrected chi connectivity index (χ1v) is 7.58. The van der Waals surface area contributed by atoms with E-state index in [0.29, 0.717) is 11.3 Å². The Bertz CT molecular complexity index is 565. The van der Waals surface area contributed by atoms with E-state index < -0.39 is 15.8 Å². The third kappa shape index (κ3) is 2.52. The predicted octanol–water partition coefficient (Wildman–Crippen LogP) is 2.18. The van der Waals surface area contributed by atoms with Crippen LogP contribution in [0.3, 0.4) is 0 Å². The van der Waals surface area contributed by atoms with Crippen molar-refractivity contribution < 1.29 is 18.3 Å². The quantitative estimate of drug-likeness (QED) is 0.927. The molecule has 0 radical (unpaired) electrons. The molecule has 1 N–H and O–H groups in total. The highest BCUT2D eigenvalue weighted by Crippen LogP contribution is 2.38. The lowest BCUT2D eigenvalue weighted by Gasteiger charge is -2.07. The average Bonchev–Trinajstić information content (AvgIpc) is 2.47. The van der Waals surface area contributed by atoms with Gasteiger partial charge in [0.2, 0.25) is 0 Å². The summed E-state index contributed by atoms with van der Waals surface area (Å²) in [5.74, 6) is -1.08. The molecule has 0 spiro atoms. The van der Waals surface area contributed by atoms with E-state index in [9.17, 15) is 13.2 Å². The molecule has 4 nitrogen and oxygen atoms in total. The molecule has 0 fully saturated rings. The minimum absolute atomic E-state index is 0.00780. The molecule has 1 heterocycles. The highest BCUT2D eigenvalue weighted by atomic mass is 79.9. The number of carbonyl (C=O) groups is 1. The summed E-state index contributed by atoms with van der Waals surface area (Å²) in [5.41, 5.74) is 0.737. The highest BCUT2D eigenvalue weighted by Gasteiger charge is 2.34. The van der Waals surface area contributed by atoms with Crippen LogP contribution in [0.5, 0.6) is 0 Å². The summed E-state index contributed by atoms with van der Waals surface area (Å²) in [5, 5.41) is 8.65. The molecule has 1 unspecified atom stereocenters. The van der Waals surface area contributed by atoms with Crippen LogP contribution < -0.4 is 0 Å². The molecule has 1 atom stereocenters. The van der Waals surface area contributed by atoms with Gasteiger partial charge in [-0.3, -0.25) is 4.79 Å². The first kappa shape index (κ1) is 12.6. The second-order valence-electron chi connectivity index (χ2n) is 4.09. The maximum Gasteiger partial charge on any atom is 0.303 e. The van der Waals surface area contributed by atoms with Gasteiger partial charge in [0.1, 0.15) is 0 Å². The number of carboxylic acids is 1. The summed E-state index contributed by atoms with van der Waals surface area (Å²) in [6.45, 7) is 0. The minimum atomic E-state index is -3.23. The monoisotopic (exact) mass is 318 g/mol. The van der Waals surface area contributed by atoms with E-state index in [1.54, 1.807) is 18.2 Å². The fraction of sp³-hybridized carbons (Fsp3) is 0.364. The van der Waals surface area contributed by atoms with Crippen LogP contribution in [0, 0.1) is 0 Å². The molecule has 0 amide bonds. The molecule has 0 aromatic heterocycles. The second-order valence-corrected chi connectivity index (χ2v) is 7.01. The molecule has 0 saturated heterocycles. The van der Waals surface area contributed by atoms with Crippen molar-refractivity contribution in [2.45, 2.75) is 23.7 Å². The zero-order chi connectivity index (χ0) is 12.6. The van der Waals surface area contributed by atoms with E-state index in [1.165, 1.54) is 0 Å². The number of aliphatic carboxylic acids is 1. The highest BCUT2D eigenvalue weighted by molar-refractivity contribution is 9.10. The van der Waals surface area contributed by atoms with E-state index in [0.717, 1.165) is 10.0 Å². The number of halogens is 1. The smallest absolute Gasteiger partial charge is 0.303 e. The van der Waals surface area contributed by atoms with Gasteiger partial charge in [-0.25, -0.2) is 8.42 Å². The van der Waals surface area contributed by atoms with Crippen molar-refractivity contribution in [3.63, 3.8) is 0 Å². The van der Waals surface area contributed by atoms with Crippen molar-refractivity contribution >= 4 is 31.7 Å². The number of hydrogen-bond acceptors (Lipinski definition) is 3. The molecule has 1 aliphatic rings. The van der Waals surface area contributed by atoms with Crippen molar-refractivity contribution in [2.75, 3.05) is 5.75 Å². The van der Waals surface area contributed by atoms with Gasteiger partial charge >= 0.3 is 5.97 Å². The van der Waals surface area contributed by atoms with Crippen LogP contribution in [0.25, 0.3) is 0 Å². The van der Waals surface area contributed by atoms with Crippen molar-refractivity contribution in [3.8, 4) is 0 Å². The molecule has 2 rings (SSSR count). The SMILES string of the molecule is O=C(O)CCC1CS(=O)(=O)c2ccc(Br)cc21. The summed E-state index contributed by atoms with van der Waals surface area (Å²) in [7, 11) is -3.23. The first-order chi connectivity index (χ1) is 7.90. The largest absolute Gasteiger partial charge is 0.481 e. The fourth-order valence-electron chi connectivity index (χ4n) is 2.10. The van der Waals surface area contributed by atoms with E-state index in [2.05, 4.69) is 15.9 Å². The topological polar surface area (TPSA) is 71.4 Å². The van der Waals surface area contributed by atoms with Gasteiger partial charge in [-0.05, 0) is 30.2 Å². The minimum Gasteiger partial charge on any atom is -0.481 e. The van der Waals surface area contributed by atoms with Crippen LogP contribution in [0.1, 0.15) is 24.3 Å². The van der Waals surface area contributed by atoms with E-state index >= 15 is 0 Å². The summed E-state index contributed by atoms with van der Waals surface area (Å²) in [4.78, 5) is 10.9. The number of carboxylic acid groups (broad SMARTS) is 1. The molecular weight excluding hydrogens is 308 g/mol. The van der Waals surface area contributed by atoms with E-state index in [-0.39, 0.29) is 18.1 Å². The van der Waals surface area contributed by atoms with Gasteiger partial charge in [-0.1, -0.05) is 15.9 Å². The van der Waals surface area contributed by atoms with Crippen molar-refractivity contribution in [2.24, 2.45) is 0 Å². The number of hydrogen-bond donors (Lipinski definition) is 1. The molecule has 6 heteroatoms. The molecule has 92 valence electrons. The maximum atomic E-state index is 11.9. The van der Waals surface area contributed by atoms with Gasteiger partial charge in [-0.15, -0.1) is 0 Å². The third-order valence-corrected chi connectivity index (χ3v) is 5.25. The van der Waals surface area contributed by atoms with Crippen LogP contribution >= 0.6 is 15.9 Å². The molecule has 0 bridgehead atoms. The van der Waals surface area contributed by atoms with Crippen LogP contribution in [0.4, 0.5) is 0 Å².